The van der Waals surface area contributed by atoms with Crippen molar-refractivity contribution in [3.8, 4) is 11.5 Å². The standard InChI is InChI=1S/C25H19Cl2NO3/c1-31-18-10-6-16(7-11-18)25(30)28-24(20-12-9-17(26)14-21(20)27)23-19-5-3-2-4-15(19)8-13-22(23)29/h2-14,24,29H,1H3,(H,28,30)/t24-/m0/s1. The number of aromatic hydroxyl groups is 1. The summed E-state index contributed by atoms with van der Waals surface area (Å²) in [5, 5.41) is 16.4. The molecular formula is C25H19Cl2NO3. The Kier molecular flexibility index (Phi) is 6.03. The molecule has 4 nitrogen and oxygen atoms in total. The van der Waals surface area contributed by atoms with Gasteiger partial charge in [-0.2, -0.15) is 0 Å². The Bertz CT molecular complexity index is 1260. The van der Waals surface area contributed by atoms with Crippen LogP contribution >= 0.6 is 23.2 Å². The molecule has 1 amide bonds. The van der Waals surface area contributed by atoms with Crippen LogP contribution in [0.3, 0.4) is 0 Å². The van der Waals surface area contributed by atoms with Gasteiger partial charge in [-0.1, -0.05) is 59.6 Å². The van der Waals surface area contributed by atoms with Gasteiger partial charge in [-0.25, -0.2) is 0 Å². The molecule has 0 saturated heterocycles. The molecule has 0 aliphatic carbocycles. The third-order valence-corrected chi connectivity index (χ3v) is 5.70. The highest BCUT2D eigenvalue weighted by Crippen LogP contribution is 2.39. The Balaban J connectivity index is 1.85. The molecule has 4 aromatic rings. The number of phenolic OH excluding ortho intramolecular Hbond substituents is 1. The van der Waals surface area contributed by atoms with E-state index in [1.54, 1.807) is 55.6 Å². The minimum Gasteiger partial charge on any atom is -0.508 e. The maximum atomic E-state index is 13.1. The van der Waals surface area contributed by atoms with Crippen molar-refractivity contribution in [2.75, 3.05) is 7.11 Å². The summed E-state index contributed by atoms with van der Waals surface area (Å²) in [6.07, 6.45) is 0. The van der Waals surface area contributed by atoms with Gasteiger partial charge in [0.05, 0.1) is 13.2 Å². The van der Waals surface area contributed by atoms with Crippen LogP contribution in [0.25, 0.3) is 10.8 Å². The molecule has 0 fully saturated rings. The Morgan fingerprint density at radius 1 is 0.968 bits per heavy atom. The van der Waals surface area contributed by atoms with Gasteiger partial charge >= 0.3 is 0 Å². The first kappa shape index (κ1) is 21.0. The van der Waals surface area contributed by atoms with Crippen molar-refractivity contribution in [2.45, 2.75) is 6.04 Å². The van der Waals surface area contributed by atoms with Gasteiger partial charge in [0.15, 0.2) is 0 Å². The summed E-state index contributed by atoms with van der Waals surface area (Å²) in [6.45, 7) is 0. The predicted octanol–water partition coefficient (Wildman–Crippen LogP) is 6.38. The number of hydrogen-bond donors (Lipinski definition) is 2. The second kappa shape index (κ2) is 8.88. The molecule has 2 N–H and O–H groups in total. The van der Waals surface area contributed by atoms with E-state index in [0.29, 0.717) is 32.5 Å². The van der Waals surface area contributed by atoms with Crippen molar-refractivity contribution in [1.29, 1.82) is 0 Å². The first-order valence-corrected chi connectivity index (χ1v) is 10.3. The molecule has 156 valence electrons. The van der Waals surface area contributed by atoms with Crippen molar-refractivity contribution >= 4 is 39.9 Å². The molecule has 0 aliphatic heterocycles. The van der Waals surface area contributed by atoms with Crippen LogP contribution in [0.15, 0.2) is 78.9 Å². The molecule has 0 aromatic heterocycles. The summed E-state index contributed by atoms with van der Waals surface area (Å²) >= 11 is 12.6. The molecule has 0 saturated carbocycles. The number of carbonyl (C=O) groups excluding carboxylic acids is 1. The highest BCUT2D eigenvalue weighted by Gasteiger charge is 2.25. The highest BCUT2D eigenvalue weighted by molar-refractivity contribution is 6.35. The van der Waals surface area contributed by atoms with E-state index < -0.39 is 6.04 Å². The third kappa shape index (κ3) is 4.31. The molecule has 31 heavy (non-hydrogen) atoms. The van der Waals surface area contributed by atoms with Crippen molar-refractivity contribution in [1.82, 2.24) is 5.32 Å². The smallest absolute Gasteiger partial charge is 0.252 e. The lowest BCUT2D eigenvalue weighted by molar-refractivity contribution is 0.0943. The van der Waals surface area contributed by atoms with Crippen LogP contribution in [-0.2, 0) is 0 Å². The quantitative estimate of drug-likeness (QED) is 0.370. The third-order valence-electron chi connectivity index (χ3n) is 5.14. The summed E-state index contributed by atoms with van der Waals surface area (Å²) in [5.41, 5.74) is 1.64. The summed E-state index contributed by atoms with van der Waals surface area (Å²) in [6, 6.07) is 22.3. The Hall–Kier alpha value is -3.21. The van der Waals surface area contributed by atoms with Gasteiger partial charge in [0.2, 0.25) is 0 Å². The Morgan fingerprint density at radius 3 is 2.42 bits per heavy atom. The zero-order chi connectivity index (χ0) is 22.0. The molecule has 6 heteroatoms. The average molecular weight is 452 g/mol. The van der Waals surface area contributed by atoms with Gasteiger partial charge in [0.25, 0.3) is 5.91 Å². The number of methoxy groups -OCH3 is 1. The van der Waals surface area contributed by atoms with Crippen LogP contribution < -0.4 is 10.1 Å². The zero-order valence-electron chi connectivity index (χ0n) is 16.6. The van der Waals surface area contributed by atoms with E-state index in [4.69, 9.17) is 27.9 Å². The molecule has 0 aliphatic rings. The van der Waals surface area contributed by atoms with Gasteiger partial charge in [-0.15, -0.1) is 0 Å². The number of hydrogen-bond acceptors (Lipinski definition) is 3. The number of amides is 1. The van der Waals surface area contributed by atoms with Crippen LogP contribution in [-0.4, -0.2) is 18.1 Å². The first-order valence-electron chi connectivity index (χ1n) is 9.58. The topological polar surface area (TPSA) is 58.6 Å². The largest absolute Gasteiger partial charge is 0.508 e. The number of fused-ring (bicyclic) bond motifs is 1. The van der Waals surface area contributed by atoms with Crippen molar-refractivity contribution in [3.63, 3.8) is 0 Å². The number of phenols is 1. The van der Waals surface area contributed by atoms with E-state index >= 15 is 0 Å². The van der Waals surface area contributed by atoms with Gasteiger partial charge in [0, 0.05) is 21.2 Å². The van der Waals surface area contributed by atoms with Gasteiger partial charge in [-0.05, 0) is 58.8 Å². The van der Waals surface area contributed by atoms with E-state index in [1.165, 1.54) is 0 Å². The summed E-state index contributed by atoms with van der Waals surface area (Å²) in [4.78, 5) is 13.1. The van der Waals surface area contributed by atoms with Gasteiger partial charge < -0.3 is 15.2 Å². The maximum Gasteiger partial charge on any atom is 0.252 e. The second-order valence-electron chi connectivity index (χ2n) is 7.02. The number of ether oxygens (including phenoxy) is 1. The Labute approximate surface area is 190 Å². The second-order valence-corrected chi connectivity index (χ2v) is 7.86. The number of carbonyl (C=O) groups is 1. The monoisotopic (exact) mass is 451 g/mol. The van der Waals surface area contributed by atoms with Crippen LogP contribution in [0.1, 0.15) is 27.5 Å². The molecule has 4 rings (SSSR count). The van der Waals surface area contributed by atoms with E-state index in [2.05, 4.69) is 5.32 Å². The van der Waals surface area contributed by atoms with Crippen LogP contribution in [0.2, 0.25) is 10.0 Å². The number of rotatable bonds is 5. The molecule has 0 spiro atoms. The highest BCUT2D eigenvalue weighted by atomic mass is 35.5. The van der Waals surface area contributed by atoms with Crippen LogP contribution in [0.4, 0.5) is 0 Å². The maximum absolute atomic E-state index is 13.1. The summed E-state index contributed by atoms with van der Waals surface area (Å²) in [5.74, 6) is 0.399. The lowest BCUT2D eigenvalue weighted by atomic mass is 9.92. The van der Waals surface area contributed by atoms with Crippen molar-refractivity contribution in [2.24, 2.45) is 0 Å². The minimum atomic E-state index is -0.703. The minimum absolute atomic E-state index is 0.0600. The van der Waals surface area contributed by atoms with Gasteiger partial charge in [-0.3, -0.25) is 4.79 Å². The van der Waals surface area contributed by atoms with E-state index in [0.717, 1.165) is 10.8 Å². The zero-order valence-corrected chi connectivity index (χ0v) is 18.1. The molecular weight excluding hydrogens is 433 g/mol. The van der Waals surface area contributed by atoms with E-state index in [-0.39, 0.29) is 11.7 Å². The number of halogens is 2. The normalized spacial score (nSPS) is 11.8. The van der Waals surface area contributed by atoms with Crippen LogP contribution in [0, 0.1) is 0 Å². The lowest BCUT2D eigenvalue weighted by Gasteiger charge is -2.24. The SMILES string of the molecule is COc1ccc(C(=O)N[C@@H](c2ccc(Cl)cc2Cl)c2c(O)ccc3ccccc23)cc1. The molecule has 0 heterocycles. The fourth-order valence-corrected chi connectivity index (χ4v) is 4.10. The fourth-order valence-electron chi connectivity index (χ4n) is 3.59. The Morgan fingerprint density at radius 2 is 1.71 bits per heavy atom. The number of nitrogens with one attached hydrogen (secondary N) is 1. The molecule has 1 atom stereocenters. The van der Waals surface area contributed by atoms with Crippen LogP contribution in [0.5, 0.6) is 11.5 Å². The lowest BCUT2D eigenvalue weighted by Crippen LogP contribution is -2.29. The molecule has 0 bridgehead atoms. The number of benzene rings is 4. The summed E-state index contributed by atoms with van der Waals surface area (Å²) in [7, 11) is 1.57. The molecule has 0 unspecified atom stereocenters. The fraction of sp³-hybridized carbons (Fsp3) is 0.0800. The van der Waals surface area contributed by atoms with Crippen molar-refractivity contribution < 1.29 is 14.6 Å². The first-order chi connectivity index (χ1) is 15.0. The average Bonchev–Trinajstić information content (AvgIpc) is 2.78. The van der Waals surface area contributed by atoms with Gasteiger partial charge in [0.1, 0.15) is 11.5 Å². The summed E-state index contributed by atoms with van der Waals surface area (Å²) < 4.78 is 5.16. The van der Waals surface area contributed by atoms with Crippen molar-refractivity contribution in [3.05, 3.63) is 106 Å². The molecule has 4 aromatic carbocycles. The molecule has 0 radical (unpaired) electrons. The van der Waals surface area contributed by atoms with E-state index in [9.17, 15) is 9.90 Å². The predicted molar refractivity (Wildman–Crippen MR) is 124 cm³/mol. The van der Waals surface area contributed by atoms with E-state index in [1.807, 2.05) is 30.3 Å².